The van der Waals surface area contributed by atoms with Crippen LogP contribution >= 0.6 is 0 Å². The molecule has 2 nitrogen and oxygen atoms in total. The molecule has 0 aromatic heterocycles. The molecule has 0 radical (unpaired) electrons. The lowest BCUT2D eigenvalue weighted by Gasteiger charge is -2.40. The molecular formula is C12H26N2. The highest BCUT2D eigenvalue weighted by molar-refractivity contribution is 4.84. The Morgan fingerprint density at radius 2 is 2.07 bits per heavy atom. The summed E-state index contributed by atoms with van der Waals surface area (Å²) in [6.07, 6.45) is 3.96. The van der Waals surface area contributed by atoms with Crippen LogP contribution in [-0.4, -0.2) is 37.1 Å². The second-order valence-corrected chi connectivity index (χ2v) is 4.71. The number of nitrogens with zero attached hydrogens (tertiary/aromatic N) is 1. The summed E-state index contributed by atoms with van der Waals surface area (Å²) in [5.74, 6) is 0.898. The van der Waals surface area contributed by atoms with Gasteiger partial charge in [-0.2, -0.15) is 0 Å². The Kier molecular flexibility index (Phi) is 4.90. The number of rotatable bonds is 4. The van der Waals surface area contributed by atoms with Gasteiger partial charge in [-0.15, -0.1) is 0 Å². The molecule has 1 heterocycles. The molecule has 0 spiro atoms. The van der Waals surface area contributed by atoms with E-state index >= 15 is 0 Å². The fraction of sp³-hybridized carbons (Fsp3) is 1.00. The van der Waals surface area contributed by atoms with Crippen molar-refractivity contribution >= 4 is 0 Å². The molecule has 3 atom stereocenters. The lowest BCUT2D eigenvalue weighted by molar-refractivity contribution is 0.103. The van der Waals surface area contributed by atoms with Crippen LogP contribution in [0.2, 0.25) is 0 Å². The number of nitrogens with one attached hydrogen (secondary N) is 1. The summed E-state index contributed by atoms with van der Waals surface area (Å²) in [6, 6.07) is 1.46. The van der Waals surface area contributed by atoms with E-state index < -0.39 is 0 Å². The number of hydrogen-bond acceptors (Lipinski definition) is 2. The average Bonchev–Trinajstić information content (AvgIpc) is 2.27. The van der Waals surface area contributed by atoms with Gasteiger partial charge in [-0.05, 0) is 32.7 Å². The molecule has 1 fully saturated rings. The minimum atomic E-state index is 0.711. The molecule has 84 valence electrons. The van der Waals surface area contributed by atoms with E-state index in [0.29, 0.717) is 6.04 Å². The highest BCUT2D eigenvalue weighted by Crippen LogP contribution is 2.21. The van der Waals surface area contributed by atoms with Gasteiger partial charge in [0.25, 0.3) is 0 Å². The van der Waals surface area contributed by atoms with Crippen molar-refractivity contribution < 1.29 is 0 Å². The molecule has 0 aliphatic carbocycles. The van der Waals surface area contributed by atoms with Crippen LogP contribution in [0.4, 0.5) is 0 Å². The first-order valence-electron chi connectivity index (χ1n) is 6.12. The van der Waals surface area contributed by atoms with Gasteiger partial charge in [0.1, 0.15) is 0 Å². The van der Waals surface area contributed by atoms with E-state index in [-0.39, 0.29) is 0 Å². The first kappa shape index (κ1) is 12.0. The van der Waals surface area contributed by atoms with E-state index in [4.69, 9.17) is 0 Å². The van der Waals surface area contributed by atoms with E-state index in [1.54, 1.807) is 0 Å². The van der Waals surface area contributed by atoms with Crippen LogP contribution in [0, 0.1) is 5.92 Å². The molecule has 1 N–H and O–H groups in total. The van der Waals surface area contributed by atoms with Crippen LogP contribution < -0.4 is 5.32 Å². The highest BCUT2D eigenvalue weighted by Gasteiger charge is 2.27. The molecule has 0 aromatic rings. The van der Waals surface area contributed by atoms with Gasteiger partial charge in [-0.1, -0.05) is 20.3 Å². The summed E-state index contributed by atoms with van der Waals surface area (Å²) in [4.78, 5) is 2.65. The topological polar surface area (TPSA) is 15.3 Å². The van der Waals surface area contributed by atoms with E-state index in [2.05, 4.69) is 38.0 Å². The Morgan fingerprint density at radius 3 is 2.57 bits per heavy atom. The number of piperidine rings is 1. The Labute approximate surface area is 89.1 Å². The molecule has 1 rings (SSSR count). The van der Waals surface area contributed by atoms with E-state index in [0.717, 1.165) is 12.0 Å². The van der Waals surface area contributed by atoms with Crippen molar-refractivity contribution in [3.8, 4) is 0 Å². The molecule has 1 saturated heterocycles. The number of likely N-dealkylation sites (tertiary alicyclic amines) is 1. The largest absolute Gasteiger partial charge is 0.316 e. The van der Waals surface area contributed by atoms with Crippen molar-refractivity contribution in [3.05, 3.63) is 0 Å². The molecule has 1 aliphatic rings. The van der Waals surface area contributed by atoms with Crippen LogP contribution in [-0.2, 0) is 0 Å². The van der Waals surface area contributed by atoms with E-state index in [9.17, 15) is 0 Å². The summed E-state index contributed by atoms with van der Waals surface area (Å²) in [6.45, 7) is 9.50. The Hall–Kier alpha value is -0.0800. The van der Waals surface area contributed by atoms with Crippen LogP contribution in [0.15, 0.2) is 0 Å². The zero-order valence-corrected chi connectivity index (χ0v) is 10.2. The lowest BCUT2D eigenvalue weighted by atomic mass is 9.91. The maximum absolute atomic E-state index is 3.44. The highest BCUT2D eigenvalue weighted by atomic mass is 15.2. The SMILES string of the molecule is CCC1CC(NC)CN(C(C)CC)C1. The first-order valence-corrected chi connectivity index (χ1v) is 6.12. The van der Waals surface area contributed by atoms with Crippen LogP contribution in [0.5, 0.6) is 0 Å². The smallest absolute Gasteiger partial charge is 0.0195 e. The summed E-state index contributed by atoms with van der Waals surface area (Å²) >= 11 is 0. The lowest BCUT2D eigenvalue weighted by Crippen LogP contribution is -2.51. The fourth-order valence-electron chi connectivity index (χ4n) is 2.36. The zero-order chi connectivity index (χ0) is 10.6. The normalized spacial score (nSPS) is 31.7. The van der Waals surface area contributed by atoms with Crippen molar-refractivity contribution in [2.45, 2.75) is 52.1 Å². The minimum Gasteiger partial charge on any atom is -0.316 e. The second kappa shape index (κ2) is 5.72. The molecule has 0 amide bonds. The van der Waals surface area contributed by atoms with Crippen molar-refractivity contribution in [1.82, 2.24) is 10.2 Å². The predicted molar refractivity (Wildman–Crippen MR) is 62.6 cm³/mol. The average molecular weight is 198 g/mol. The zero-order valence-electron chi connectivity index (χ0n) is 10.2. The van der Waals surface area contributed by atoms with E-state index in [1.165, 1.54) is 32.4 Å². The number of hydrogen-bond donors (Lipinski definition) is 1. The van der Waals surface area contributed by atoms with Crippen LogP contribution in [0.1, 0.15) is 40.0 Å². The third kappa shape index (κ3) is 2.96. The van der Waals surface area contributed by atoms with Crippen LogP contribution in [0.25, 0.3) is 0 Å². The van der Waals surface area contributed by atoms with Gasteiger partial charge in [0.05, 0.1) is 0 Å². The Balaban J connectivity index is 2.51. The molecule has 14 heavy (non-hydrogen) atoms. The molecule has 0 bridgehead atoms. The maximum Gasteiger partial charge on any atom is 0.0195 e. The Morgan fingerprint density at radius 1 is 1.36 bits per heavy atom. The van der Waals surface area contributed by atoms with Gasteiger partial charge >= 0.3 is 0 Å². The van der Waals surface area contributed by atoms with Gasteiger partial charge in [0.2, 0.25) is 0 Å². The molecule has 3 unspecified atom stereocenters. The summed E-state index contributed by atoms with van der Waals surface area (Å²) in [7, 11) is 2.09. The third-order valence-electron chi connectivity index (χ3n) is 3.77. The predicted octanol–water partition coefficient (Wildman–Crippen LogP) is 2.10. The van der Waals surface area contributed by atoms with Crippen molar-refractivity contribution in [3.63, 3.8) is 0 Å². The number of likely N-dealkylation sites (N-methyl/N-ethyl adjacent to an activating group) is 1. The molecular weight excluding hydrogens is 172 g/mol. The molecule has 0 saturated carbocycles. The van der Waals surface area contributed by atoms with E-state index in [1.807, 2.05) is 0 Å². The fourth-order valence-corrected chi connectivity index (χ4v) is 2.36. The Bertz CT molecular complexity index is 146. The van der Waals surface area contributed by atoms with Crippen molar-refractivity contribution in [2.75, 3.05) is 20.1 Å². The van der Waals surface area contributed by atoms with Crippen molar-refractivity contribution in [2.24, 2.45) is 5.92 Å². The monoisotopic (exact) mass is 198 g/mol. The van der Waals surface area contributed by atoms with Gasteiger partial charge in [-0.25, -0.2) is 0 Å². The van der Waals surface area contributed by atoms with Gasteiger partial charge < -0.3 is 5.32 Å². The summed E-state index contributed by atoms with van der Waals surface area (Å²) in [5.41, 5.74) is 0. The standard InChI is InChI=1S/C12H26N2/c1-5-10(3)14-8-11(6-2)7-12(9-14)13-4/h10-13H,5-9H2,1-4H3. The van der Waals surface area contributed by atoms with Crippen LogP contribution in [0.3, 0.4) is 0 Å². The summed E-state index contributed by atoms with van der Waals surface area (Å²) < 4.78 is 0. The third-order valence-corrected chi connectivity index (χ3v) is 3.77. The van der Waals surface area contributed by atoms with Gasteiger partial charge in [0.15, 0.2) is 0 Å². The quantitative estimate of drug-likeness (QED) is 0.744. The first-order chi connectivity index (χ1) is 6.71. The maximum atomic E-state index is 3.44. The van der Waals surface area contributed by atoms with Gasteiger partial charge in [0, 0.05) is 25.2 Å². The summed E-state index contributed by atoms with van der Waals surface area (Å²) in [5, 5.41) is 3.44. The van der Waals surface area contributed by atoms with Gasteiger partial charge in [-0.3, -0.25) is 4.90 Å². The molecule has 0 aromatic carbocycles. The second-order valence-electron chi connectivity index (χ2n) is 4.71. The van der Waals surface area contributed by atoms with Crippen molar-refractivity contribution in [1.29, 1.82) is 0 Å². The minimum absolute atomic E-state index is 0.711. The molecule has 1 aliphatic heterocycles. The molecule has 2 heteroatoms.